The van der Waals surface area contributed by atoms with Crippen LogP contribution in [0.1, 0.15) is 25.7 Å². The first kappa shape index (κ1) is 13.2. The molecule has 2 aromatic heterocycles. The van der Waals surface area contributed by atoms with E-state index in [9.17, 15) is 4.79 Å². The number of carbonyl (C=O) groups is 1. The predicted octanol–water partition coefficient (Wildman–Crippen LogP) is 1.99. The van der Waals surface area contributed by atoms with Crippen LogP contribution in [0.2, 0.25) is 0 Å². The van der Waals surface area contributed by atoms with Gasteiger partial charge in [0.2, 0.25) is 0 Å². The molecule has 0 bridgehead atoms. The maximum Gasteiger partial charge on any atom is 0.303 e. The number of hydrogen-bond acceptors (Lipinski definition) is 4. The third-order valence-electron chi connectivity index (χ3n) is 2.77. The van der Waals surface area contributed by atoms with Crippen molar-refractivity contribution in [1.82, 2.24) is 20.0 Å². The number of carboxylic acids is 1. The Labute approximate surface area is 111 Å². The Morgan fingerprint density at radius 3 is 2.95 bits per heavy atom. The smallest absolute Gasteiger partial charge is 0.303 e. The predicted molar refractivity (Wildman–Crippen MR) is 69.4 cm³/mol. The highest BCUT2D eigenvalue weighted by Crippen LogP contribution is 2.13. The number of hydrogen-bond donors (Lipinski definition) is 1. The van der Waals surface area contributed by atoms with Crippen molar-refractivity contribution >= 4 is 5.97 Å². The third kappa shape index (κ3) is 4.17. The second kappa shape index (κ2) is 6.63. The van der Waals surface area contributed by atoms with E-state index in [4.69, 9.17) is 5.11 Å². The molecule has 0 saturated heterocycles. The number of pyridine rings is 1. The van der Waals surface area contributed by atoms with Crippen LogP contribution in [0.25, 0.3) is 11.3 Å². The van der Waals surface area contributed by atoms with Crippen molar-refractivity contribution < 1.29 is 9.90 Å². The molecule has 0 atom stereocenters. The third-order valence-corrected chi connectivity index (χ3v) is 2.77. The normalized spacial score (nSPS) is 10.5. The summed E-state index contributed by atoms with van der Waals surface area (Å²) in [5, 5.41) is 16.7. The lowest BCUT2D eigenvalue weighted by molar-refractivity contribution is -0.137. The van der Waals surface area contributed by atoms with E-state index < -0.39 is 5.97 Å². The molecule has 0 radical (unpaired) electrons. The zero-order chi connectivity index (χ0) is 13.5. The van der Waals surface area contributed by atoms with Crippen LogP contribution in [-0.4, -0.2) is 31.1 Å². The summed E-state index contributed by atoms with van der Waals surface area (Å²) in [5.74, 6) is -0.736. The van der Waals surface area contributed by atoms with Gasteiger partial charge < -0.3 is 5.11 Å². The summed E-state index contributed by atoms with van der Waals surface area (Å²) in [6, 6.07) is 3.80. The van der Waals surface area contributed by atoms with E-state index in [1.165, 1.54) is 0 Å². The quantitative estimate of drug-likeness (QED) is 0.770. The molecular formula is C13H16N4O2. The molecule has 2 heterocycles. The van der Waals surface area contributed by atoms with Crippen LogP contribution in [-0.2, 0) is 11.3 Å². The summed E-state index contributed by atoms with van der Waals surface area (Å²) in [4.78, 5) is 14.4. The Bertz CT molecular complexity index is 524. The van der Waals surface area contributed by atoms with Gasteiger partial charge in [0.15, 0.2) is 0 Å². The molecule has 0 aliphatic rings. The van der Waals surface area contributed by atoms with Gasteiger partial charge in [-0.25, -0.2) is 0 Å². The second-order valence-electron chi connectivity index (χ2n) is 4.31. The minimum Gasteiger partial charge on any atom is -0.481 e. The van der Waals surface area contributed by atoms with Gasteiger partial charge in [0, 0.05) is 30.9 Å². The lowest BCUT2D eigenvalue weighted by Crippen LogP contribution is -2.00. The average molecular weight is 260 g/mol. The topological polar surface area (TPSA) is 80.9 Å². The molecule has 0 spiro atoms. The second-order valence-corrected chi connectivity index (χ2v) is 4.31. The van der Waals surface area contributed by atoms with Gasteiger partial charge in [0.1, 0.15) is 5.69 Å². The fourth-order valence-corrected chi connectivity index (χ4v) is 1.78. The molecule has 0 saturated carbocycles. The largest absolute Gasteiger partial charge is 0.481 e. The van der Waals surface area contributed by atoms with Gasteiger partial charge in [-0.05, 0) is 25.0 Å². The molecule has 2 rings (SSSR count). The minimum atomic E-state index is -0.736. The summed E-state index contributed by atoms with van der Waals surface area (Å²) in [5.41, 5.74) is 1.75. The zero-order valence-corrected chi connectivity index (χ0v) is 10.6. The van der Waals surface area contributed by atoms with Crippen LogP contribution >= 0.6 is 0 Å². The van der Waals surface area contributed by atoms with E-state index in [1.54, 1.807) is 17.1 Å². The SMILES string of the molecule is O=C(O)CCCCCn1cc(-c2cccnc2)nn1. The Kier molecular flexibility index (Phi) is 4.60. The molecule has 0 aromatic carbocycles. The van der Waals surface area contributed by atoms with Crippen LogP contribution in [0.3, 0.4) is 0 Å². The van der Waals surface area contributed by atoms with Crippen molar-refractivity contribution in [2.24, 2.45) is 0 Å². The van der Waals surface area contributed by atoms with Crippen molar-refractivity contribution in [2.75, 3.05) is 0 Å². The van der Waals surface area contributed by atoms with E-state index in [-0.39, 0.29) is 6.42 Å². The molecule has 2 aromatic rings. The molecule has 0 fully saturated rings. The first-order chi connectivity index (χ1) is 9.25. The fourth-order valence-electron chi connectivity index (χ4n) is 1.78. The Balaban J connectivity index is 1.80. The molecule has 0 aliphatic heterocycles. The summed E-state index contributed by atoms with van der Waals surface area (Å²) in [7, 11) is 0. The van der Waals surface area contributed by atoms with Crippen molar-refractivity contribution in [2.45, 2.75) is 32.2 Å². The molecule has 0 unspecified atom stereocenters. The number of aliphatic carboxylic acids is 1. The molecule has 0 amide bonds. The van der Waals surface area contributed by atoms with Crippen LogP contribution in [0.15, 0.2) is 30.7 Å². The summed E-state index contributed by atoms with van der Waals surface area (Å²) in [6.45, 7) is 0.757. The highest BCUT2D eigenvalue weighted by molar-refractivity contribution is 5.66. The molecule has 0 aliphatic carbocycles. The zero-order valence-electron chi connectivity index (χ0n) is 10.6. The van der Waals surface area contributed by atoms with Gasteiger partial charge in [0.25, 0.3) is 0 Å². The summed E-state index contributed by atoms with van der Waals surface area (Å²) < 4.78 is 1.78. The first-order valence-corrected chi connectivity index (χ1v) is 6.28. The van der Waals surface area contributed by atoms with E-state index >= 15 is 0 Å². The summed E-state index contributed by atoms with van der Waals surface area (Å²) in [6.07, 6.45) is 8.08. The van der Waals surface area contributed by atoms with Crippen LogP contribution in [0.4, 0.5) is 0 Å². The highest BCUT2D eigenvalue weighted by atomic mass is 16.4. The van der Waals surface area contributed by atoms with Gasteiger partial charge >= 0.3 is 5.97 Å². The standard InChI is InChI=1S/C13H16N4O2/c18-13(19)6-2-1-3-8-17-10-12(15-16-17)11-5-4-7-14-9-11/h4-5,7,9-10H,1-3,6,8H2,(H,18,19). The van der Waals surface area contributed by atoms with Gasteiger partial charge in [-0.3, -0.25) is 14.5 Å². The van der Waals surface area contributed by atoms with Gasteiger partial charge in [-0.1, -0.05) is 11.6 Å². The monoisotopic (exact) mass is 260 g/mol. The van der Waals surface area contributed by atoms with Crippen LogP contribution in [0.5, 0.6) is 0 Å². The molecule has 1 N–H and O–H groups in total. The van der Waals surface area contributed by atoms with Crippen molar-refractivity contribution in [1.29, 1.82) is 0 Å². The highest BCUT2D eigenvalue weighted by Gasteiger charge is 2.03. The fraction of sp³-hybridized carbons (Fsp3) is 0.385. The first-order valence-electron chi connectivity index (χ1n) is 6.28. The molecular weight excluding hydrogens is 244 g/mol. The van der Waals surface area contributed by atoms with Gasteiger partial charge in [-0.15, -0.1) is 5.10 Å². The summed E-state index contributed by atoms with van der Waals surface area (Å²) >= 11 is 0. The number of aryl methyl sites for hydroxylation is 1. The lowest BCUT2D eigenvalue weighted by atomic mass is 10.2. The lowest BCUT2D eigenvalue weighted by Gasteiger charge is -1.99. The number of unbranched alkanes of at least 4 members (excludes halogenated alkanes) is 2. The molecule has 6 nitrogen and oxygen atoms in total. The Morgan fingerprint density at radius 2 is 2.21 bits per heavy atom. The van der Waals surface area contributed by atoms with Crippen molar-refractivity contribution in [3.63, 3.8) is 0 Å². The molecule has 6 heteroatoms. The number of rotatable bonds is 7. The number of carboxylic acid groups (broad SMARTS) is 1. The molecule has 100 valence electrons. The average Bonchev–Trinajstić information content (AvgIpc) is 2.88. The maximum absolute atomic E-state index is 10.4. The van der Waals surface area contributed by atoms with Crippen LogP contribution in [0, 0.1) is 0 Å². The van der Waals surface area contributed by atoms with E-state index in [1.807, 2.05) is 18.3 Å². The number of nitrogens with zero attached hydrogens (tertiary/aromatic N) is 4. The van der Waals surface area contributed by atoms with Gasteiger partial charge in [-0.2, -0.15) is 0 Å². The minimum absolute atomic E-state index is 0.234. The van der Waals surface area contributed by atoms with Gasteiger partial charge in [0.05, 0.1) is 6.20 Å². The van der Waals surface area contributed by atoms with Crippen LogP contribution < -0.4 is 0 Å². The Hall–Kier alpha value is -2.24. The van der Waals surface area contributed by atoms with E-state index in [2.05, 4.69) is 15.3 Å². The van der Waals surface area contributed by atoms with E-state index in [0.29, 0.717) is 6.42 Å². The maximum atomic E-state index is 10.4. The number of aromatic nitrogens is 4. The molecule has 19 heavy (non-hydrogen) atoms. The van der Waals surface area contributed by atoms with Crippen molar-refractivity contribution in [3.8, 4) is 11.3 Å². The van der Waals surface area contributed by atoms with Crippen molar-refractivity contribution in [3.05, 3.63) is 30.7 Å². The van der Waals surface area contributed by atoms with E-state index in [0.717, 1.165) is 30.6 Å². The Morgan fingerprint density at radius 1 is 1.32 bits per heavy atom.